The minimum Gasteiger partial charge on any atom is -0.493 e. The lowest BCUT2D eigenvalue weighted by Crippen LogP contribution is -1.93. The molecule has 0 aromatic rings. The summed E-state index contributed by atoms with van der Waals surface area (Å²) < 4.78 is 10.4. The molecule has 0 saturated heterocycles. The normalized spacial score (nSPS) is 16.9. The highest BCUT2D eigenvalue weighted by Crippen LogP contribution is 2.19. The molecule has 1 aliphatic carbocycles. The Morgan fingerprint density at radius 1 is 1.14 bits per heavy atom. The molecule has 0 spiro atoms. The molecule has 0 fully saturated rings. The van der Waals surface area contributed by atoms with Gasteiger partial charge in [0.15, 0.2) is 11.5 Å². The van der Waals surface area contributed by atoms with Crippen LogP contribution >= 0.6 is 0 Å². The zero-order valence-electron chi connectivity index (χ0n) is 8.91. The maximum Gasteiger partial charge on any atom is 0.160 e. The van der Waals surface area contributed by atoms with Crippen LogP contribution in [-0.2, 0) is 9.47 Å². The van der Waals surface area contributed by atoms with Gasteiger partial charge < -0.3 is 9.47 Å². The first-order valence-electron chi connectivity index (χ1n) is 4.64. The molecule has 0 heterocycles. The molecule has 14 heavy (non-hydrogen) atoms. The Labute approximate surface area is 85.2 Å². The van der Waals surface area contributed by atoms with Crippen LogP contribution in [0.3, 0.4) is 0 Å². The fraction of sp³-hybridized carbons (Fsp3) is 0.333. The zero-order valence-corrected chi connectivity index (χ0v) is 8.91. The van der Waals surface area contributed by atoms with Gasteiger partial charge >= 0.3 is 0 Å². The van der Waals surface area contributed by atoms with Crippen LogP contribution in [0.1, 0.15) is 13.3 Å². The number of methoxy groups -OCH3 is 2. The quantitative estimate of drug-likeness (QED) is 0.684. The number of hydrogen-bond acceptors (Lipinski definition) is 2. The Kier molecular flexibility index (Phi) is 4.05. The van der Waals surface area contributed by atoms with E-state index in [1.54, 1.807) is 14.2 Å². The van der Waals surface area contributed by atoms with Crippen LogP contribution in [0.5, 0.6) is 0 Å². The Balaban J connectivity index is 2.91. The van der Waals surface area contributed by atoms with Crippen molar-refractivity contribution in [2.24, 2.45) is 0 Å². The molecule has 0 N–H and O–H groups in total. The topological polar surface area (TPSA) is 18.5 Å². The van der Waals surface area contributed by atoms with Crippen molar-refractivity contribution in [2.75, 3.05) is 14.2 Å². The van der Waals surface area contributed by atoms with Gasteiger partial charge in [0.25, 0.3) is 0 Å². The average Bonchev–Trinajstić information content (AvgIpc) is 2.40. The lowest BCUT2D eigenvalue weighted by atomic mass is 10.1. The molecule has 0 aromatic carbocycles. The lowest BCUT2D eigenvalue weighted by molar-refractivity contribution is 0.220. The van der Waals surface area contributed by atoms with E-state index in [-0.39, 0.29) is 0 Å². The zero-order chi connectivity index (χ0) is 10.4. The second-order valence-corrected chi connectivity index (χ2v) is 2.95. The van der Waals surface area contributed by atoms with Crippen LogP contribution < -0.4 is 0 Å². The van der Waals surface area contributed by atoms with Crippen LogP contribution in [0.25, 0.3) is 0 Å². The van der Waals surface area contributed by atoms with Crippen molar-refractivity contribution in [1.29, 1.82) is 0 Å². The molecule has 0 unspecified atom stereocenters. The smallest absolute Gasteiger partial charge is 0.160 e. The van der Waals surface area contributed by atoms with Gasteiger partial charge in [0.1, 0.15) is 0 Å². The van der Waals surface area contributed by atoms with Crippen molar-refractivity contribution in [1.82, 2.24) is 0 Å². The summed E-state index contributed by atoms with van der Waals surface area (Å²) in [6.07, 6.45) is 11.0. The van der Waals surface area contributed by atoms with Crippen LogP contribution in [0.2, 0.25) is 0 Å². The summed E-state index contributed by atoms with van der Waals surface area (Å²) in [6, 6.07) is 0. The van der Waals surface area contributed by atoms with Crippen LogP contribution in [-0.4, -0.2) is 14.2 Å². The van der Waals surface area contributed by atoms with Crippen molar-refractivity contribution in [2.45, 2.75) is 13.3 Å². The first-order valence-corrected chi connectivity index (χ1v) is 4.64. The van der Waals surface area contributed by atoms with Gasteiger partial charge in [-0.3, -0.25) is 0 Å². The Morgan fingerprint density at radius 2 is 1.86 bits per heavy atom. The molecular formula is C12H16O2. The molecular weight excluding hydrogens is 176 g/mol. The summed E-state index contributed by atoms with van der Waals surface area (Å²) in [5.41, 5.74) is 1.24. The summed E-state index contributed by atoms with van der Waals surface area (Å²) in [5, 5.41) is 0. The largest absolute Gasteiger partial charge is 0.493 e. The molecule has 0 atom stereocenters. The van der Waals surface area contributed by atoms with E-state index in [1.165, 1.54) is 5.57 Å². The molecule has 0 saturated carbocycles. The van der Waals surface area contributed by atoms with Crippen LogP contribution in [0.4, 0.5) is 0 Å². The van der Waals surface area contributed by atoms with E-state index >= 15 is 0 Å². The summed E-state index contributed by atoms with van der Waals surface area (Å²) in [6.45, 7) is 2.01. The van der Waals surface area contributed by atoms with Gasteiger partial charge in [0.2, 0.25) is 0 Å². The SMILES string of the molecule is C/C=C/C1=CC=C(OC)C(OC)=CC1. The number of hydrogen-bond donors (Lipinski definition) is 0. The van der Waals surface area contributed by atoms with E-state index in [4.69, 9.17) is 9.47 Å². The maximum atomic E-state index is 5.21. The van der Waals surface area contributed by atoms with Crippen molar-refractivity contribution in [3.63, 3.8) is 0 Å². The molecule has 0 aromatic heterocycles. The number of ether oxygens (including phenoxy) is 2. The monoisotopic (exact) mass is 192 g/mol. The predicted octanol–water partition coefficient (Wildman–Crippen LogP) is 2.95. The molecule has 0 amide bonds. The Morgan fingerprint density at radius 3 is 2.43 bits per heavy atom. The van der Waals surface area contributed by atoms with Crippen LogP contribution in [0, 0.1) is 0 Å². The molecule has 1 rings (SSSR count). The van der Waals surface area contributed by atoms with Gasteiger partial charge in [0, 0.05) is 0 Å². The fourth-order valence-electron chi connectivity index (χ4n) is 1.33. The van der Waals surface area contributed by atoms with E-state index in [9.17, 15) is 0 Å². The second kappa shape index (κ2) is 5.32. The maximum absolute atomic E-state index is 5.21. The molecule has 0 bridgehead atoms. The van der Waals surface area contributed by atoms with Gasteiger partial charge in [-0.25, -0.2) is 0 Å². The molecule has 76 valence electrons. The van der Waals surface area contributed by atoms with Crippen molar-refractivity contribution >= 4 is 0 Å². The third-order valence-electron chi connectivity index (χ3n) is 2.04. The lowest BCUT2D eigenvalue weighted by Gasteiger charge is -2.07. The Hall–Kier alpha value is -1.44. The highest BCUT2D eigenvalue weighted by atomic mass is 16.5. The van der Waals surface area contributed by atoms with E-state index < -0.39 is 0 Å². The van der Waals surface area contributed by atoms with Gasteiger partial charge in [-0.1, -0.05) is 18.2 Å². The van der Waals surface area contributed by atoms with E-state index in [2.05, 4.69) is 6.08 Å². The van der Waals surface area contributed by atoms with Crippen molar-refractivity contribution in [3.05, 3.63) is 47.5 Å². The minimum absolute atomic E-state index is 0.770. The summed E-state index contributed by atoms with van der Waals surface area (Å²) in [5.74, 6) is 1.57. The van der Waals surface area contributed by atoms with Crippen LogP contribution in [0.15, 0.2) is 47.5 Å². The fourth-order valence-corrected chi connectivity index (χ4v) is 1.33. The highest BCUT2D eigenvalue weighted by Gasteiger charge is 2.07. The molecule has 2 nitrogen and oxygen atoms in total. The Bertz CT molecular complexity index is 306. The summed E-state index contributed by atoms with van der Waals surface area (Å²) in [7, 11) is 3.30. The number of rotatable bonds is 3. The molecule has 0 radical (unpaired) electrons. The highest BCUT2D eigenvalue weighted by molar-refractivity contribution is 5.35. The molecule has 1 aliphatic rings. The number of allylic oxidation sites excluding steroid dienone is 6. The van der Waals surface area contributed by atoms with Crippen molar-refractivity contribution < 1.29 is 9.47 Å². The molecule has 2 heteroatoms. The molecule has 0 aliphatic heterocycles. The van der Waals surface area contributed by atoms with E-state index in [0.717, 1.165) is 17.9 Å². The van der Waals surface area contributed by atoms with E-state index in [0.29, 0.717) is 0 Å². The predicted molar refractivity (Wildman–Crippen MR) is 57.7 cm³/mol. The third kappa shape index (κ3) is 2.52. The van der Waals surface area contributed by atoms with Gasteiger partial charge in [0.05, 0.1) is 14.2 Å². The average molecular weight is 192 g/mol. The van der Waals surface area contributed by atoms with Gasteiger partial charge in [-0.15, -0.1) is 0 Å². The van der Waals surface area contributed by atoms with Gasteiger partial charge in [-0.2, -0.15) is 0 Å². The first kappa shape index (κ1) is 10.6. The first-order chi connectivity index (χ1) is 6.81. The van der Waals surface area contributed by atoms with Crippen molar-refractivity contribution in [3.8, 4) is 0 Å². The summed E-state index contributed by atoms with van der Waals surface area (Å²) in [4.78, 5) is 0. The third-order valence-corrected chi connectivity index (χ3v) is 2.04. The standard InChI is InChI=1S/C12H16O2/c1-4-5-10-6-8-11(13-2)12(14-3)9-7-10/h4-6,8-9H,7H2,1-3H3/b5-4+. The summed E-state index contributed by atoms with van der Waals surface area (Å²) >= 11 is 0. The van der Waals surface area contributed by atoms with E-state index in [1.807, 2.05) is 31.2 Å². The van der Waals surface area contributed by atoms with Gasteiger partial charge in [-0.05, 0) is 31.1 Å². The minimum atomic E-state index is 0.770. The second-order valence-electron chi connectivity index (χ2n) is 2.95.